The number of nitrogens with zero attached hydrogens (tertiary/aromatic N) is 1. The minimum atomic E-state index is -0.241. The number of ether oxygens (including phenoxy) is 1. The van der Waals surface area contributed by atoms with Gasteiger partial charge in [0.15, 0.2) is 0 Å². The van der Waals surface area contributed by atoms with Crippen LogP contribution in [0.1, 0.15) is 23.4 Å². The fourth-order valence-corrected chi connectivity index (χ4v) is 2.47. The van der Waals surface area contributed by atoms with Gasteiger partial charge in [-0.2, -0.15) is 0 Å². The molecule has 2 N–H and O–H groups in total. The summed E-state index contributed by atoms with van der Waals surface area (Å²) in [6.45, 7) is 6.21. The predicted molar refractivity (Wildman–Crippen MR) is 81.6 cm³/mol. The molecular formula is C15H24ClNO3. The van der Waals surface area contributed by atoms with E-state index in [0.717, 1.165) is 16.9 Å². The minimum Gasteiger partial charge on any atom is -0.494 e. The quantitative estimate of drug-likeness (QED) is 0.685. The maximum Gasteiger partial charge on any atom is 0.124 e. The molecular weight excluding hydrogens is 278 g/mol. The molecule has 0 spiro atoms. The Morgan fingerprint density at radius 3 is 2.45 bits per heavy atom. The molecule has 1 aromatic rings. The summed E-state index contributed by atoms with van der Waals surface area (Å²) in [7, 11) is 0. The zero-order valence-electron chi connectivity index (χ0n) is 12.2. The summed E-state index contributed by atoms with van der Waals surface area (Å²) >= 11 is 6.50. The van der Waals surface area contributed by atoms with Crippen LogP contribution in [-0.4, -0.2) is 54.6 Å². The van der Waals surface area contributed by atoms with Gasteiger partial charge in [-0.05, 0) is 19.9 Å². The van der Waals surface area contributed by atoms with Crippen molar-refractivity contribution < 1.29 is 14.9 Å². The number of aliphatic hydroxyl groups excluding tert-OH is 2. The molecule has 0 aromatic heterocycles. The molecule has 1 unspecified atom stereocenters. The van der Waals surface area contributed by atoms with Crippen molar-refractivity contribution in [2.75, 3.05) is 39.5 Å². The molecule has 0 aliphatic rings. The van der Waals surface area contributed by atoms with Crippen LogP contribution < -0.4 is 4.74 Å². The third-order valence-corrected chi connectivity index (χ3v) is 3.43. The Balaban J connectivity index is 2.83. The largest absolute Gasteiger partial charge is 0.494 e. The SMILES string of the molecule is CCOc1ccc(C)cc1C(Cl)CN(CCO)CCO. The Morgan fingerprint density at radius 1 is 1.25 bits per heavy atom. The molecule has 0 aliphatic carbocycles. The molecule has 1 atom stereocenters. The molecule has 0 amide bonds. The number of hydrogen-bond donors (Lipinski definition) is 2. The lowest BCUT2D eigenvalue weighted by Crippen LogP contribution is -2.32. The fraction of sp³-hybridized carbons (Fsp3) is 0.600. The average Bonchev–Trinajstić information content (AvgIpc) is 2.41. The van der Waals surface area contributed by atoms with Gasteiger partial charge in [0.05, 0.1) is 25.2 Å². The Labute approximate surface area is 125 Å². The maximum absolute atomic E-state index is 9.04. The Morgan fingerprint density at radius 2 is 1.90 bits per heavy atom. The highest BCUT2D eigenvalue weighted by Crippen LogP contribution is 2.31. The van der Waals surface area contributed by atoms with Crippen LogP contribution in [0, 0.1) is 6.92 Å². The van der Waals surface area contributed by atoms with Crippen molar-refractivity contribution in [2.45, 2.75) is 19.2 Å². The molecule has 20 heavy (non-hydrogen) atoms. The summed E-state index contributed by atoms with van der Waals surface area (Å²) < 4.78 is 5.61. The van der Waals surface area contributed by atoms with Gasteiger partial charge in [-0.15, -0.1) is 11.6 Å². The van der Waals surface area contributed by atoms with Crippen LogP contribution in [0.2, 0.25) is 0 Å². The van der Waals surface area contributed by atoms with Gasteiger partial charge < -0.3 is 14.9 Å². The monoisotopic (exact) mass is 301 g/mol. The zero-order valence-corrected chi connectivity index (χ0v) is 12.9. The first-order valence-electron chi connectivity index (χ1n) is 6.93. The van der Waals surface area contributed by atoms with E-state index in [0.29, 0.717) is 26.2 Å². The Kier molecular flexibility index (Phi) is 7.92. The average molecular weight is 302 g/mol. The first-order valence-corrected chi connectivity index (χ1v) is 7.37. The minimum absolute atomic E-state index is 0.0513. The number of halogens is 1. The maximum atomic E-state index is 9.04. The molecule has 0 heterocycles. The predicted octanol–water partition coefficient (Wildman–Crippen LogP) is 1.96. The van der Waals surface area contributed by atoms with Crippen LogP contribution in [0.5, 0.6) is 5.75 Å². The van der Waals surface area contributed by atoms with Gasteiger partial charge in [-0.25, -0.2) is 0 Å². The smallest absolute Gasteiger partial charge is 0.124 e. The molecule has 0 aliphatic heterocycles. The highest BCUT2D eigenvalue weighted by Gasteiger charge is 2.17. The first-order chi connectivity index (χ1) is 9.62. The van der Waals surface area contributed by atoms with Crippen LogP contribution in [0.4, 0.5) is 0 Å². The number of aliphatic hydroxyl groups is 2. The van der Waals surface area contributed by atoms with Crippen LogP contribution in [0.25, 0.3) is 0 Å². The molecule has 0 fully saturated rings. The molecule has 114 valence electrons. The molecule has 1 rings (SSSR count). The van der Waals surface area contributed by atoms with E-state index in [-0.39, 0.29) is 18.6 Å². The Hall–Kier alpha value is -0.810. The van der Waals surface area contributed by atoms with E-state index in [9.17, 15) is 0 Å². The lowest BCUT2D eigenvalue weighted by atomic mass is 10.1. The van der Waals surface area contributed by atoms with E-state index in [1.54, 1.807) is 0 Å². The lowest BCUT2D eigenvalue weighted by Gasteiger charge is -2.24. The highest BCUT2D eigenvalue weighted by molar-refractivity contribution is 6.21. The van der Waals surface area contributed by atoms with Gasteiger partial charge in [-0.3, -0.25) is 4.90 Å². The second-order valence-corrected chi connectivity index (χ2v) is 5.22. The third kappa shape index (κ3) is 5.29. The summed E-state index contributed by atoms with van der Waals surface area (Å²) in [6.07, 6.45) is 0. The first kappa shape index (κ1) is 17.2. The highest BCUT2D eigenvalue weighted by atomic mass is 35.5. The summed E-state index contributed by atoms with van der Waals surface area (Å²) in [5, 5.41) is 17.8. The summed E-state index contributed by atoms with van der Waals surface area (Å²) in [4.78, 5) is 1.94. The van der Waals surface area contributed by atoms with Crippen LogP contribution in [0.15, 0.2) is 18.2 Å². The van der Waals surface area contributed by atoms with E-state index < -0.39 is 0 Å². The van der Waals surface area contributed by atoms with Crippen molar-refractivity contribution in [1.82, 2.24) is 4.90 Å². The van der Waals surface area contributed by atoms with Gasteiger partial charge in [0.25, 0.3) is 0 Å². The van der Waals surface area contributed by atoms with Gasteiger partial charge in [-0.1, -0.05) is 17.7 Å². The van der Waals surface area contributed by atoms with Crippen molar-refractivity contribution in [3.8, 4) is 5.75 Å². The van der Waals surface area contributed by atoms with Crippen LogP contribution in [0.3, 0.4) is 0 Å². The molecule has 0 bridgehead atoms. The Bertz CT molecular complexity index is 395. The van der Waals surface area contributed by atoms with E-state index in [4.69, 9.17) is 26.6 Å². The number of benzene rings is 1. The normalized spacial score (nSPS) is 12.7. The third-order valence-electron chi connectivity index (χ3n) is 3.05. The van der Waals surface area contributed by atoms with Gasteiger partial charge >= 0.3 is 0 Å². The molecule has 0 saturated heterocycles. The fourth-order valence-electron chi connectivity index (χ4n) is 2.10. The van der Waals surface area contributed by atoms with Crippen molar-refractivity contribution >= 4 is 11.6 Å². The van der Waals surface area contributed by atoms with Gasteiger partial charge in [0.2, 0.25) is 0 Å². The second-order valence-electron chi connectivity index (χ2n) is 4.69. The summed E-state index contributed by atoms with van der Waals surface area (Å²) in [6, 6.07) is 5.96. The molecule has 1 aromatic carbocycles. The molecule has 0 saturated carbocycles. The summed E-state index contributed by atoms with van der Waals surface area (Å²) in [5.74, 6) is 0.797. The van der Waals surface area contributed by atoms with Gasteiger partial charge in [0.1, 0.15) is 5.75 Å². The van der Waals surface area contributed by atoms with Crippen molar-refractivity contribution in [1.29, 1.82) is 0 Å². The lowest BCUT2D eigenvalue weighted by molar-refractivity contribution is 0.161. The van der Waals surface area contributed by atoms with E-state index in [1.165, 1.54) is 0 Å². The van der Waals surface area contributed by atoms with Gasteiger partial charge in [0, 0.05) is 25.2 Å². The molecule has 0 radical (unpaired) electrons. The molecule has 4 nitrogen and oxygen atoms in total. The van der Waals surface area contributed by atoms with Crippen molar-refractivity contribution in [3.05, 3.63) is 29.3 Å². The van der Waals surface area contributed by atoms with E-state index >= 15 is 0 Å². The standard InChI is InChI=1S/C15H24ClNO3/c1-3-20-15-5-4-12(2)10-13(15)14(16)11-17(6-8-18)7-9-19/h4-5,10,14,18-19H,3,6-9,11H2,1-2H3. The van der Waals surface area contributed by atoms with Crippen molar-refractivity contribution in [2.24, 2.45) is 0 Å². The van der Waals surface area contributed by atoms with Crippen LogP contribution in [-0.2, 0) is 0 Å². The van der Waals surface area contributed by atoms with E-state index in [1.807, 2.05) is 36.9 Å². The number of aryl methyl sites for hydroxylation is 1. The zero-order chi connectivity index (χ0) is 15.0. The number of rotatable bonds is 9. The number of alkyl halides is 1. The van der Waals surface area contributed by atoms with Crippen LogP contribution >= 0.6 is 11.6 Å². The van der Waals surface area contributed by atoms with E-state index in [2.05, 4.69) is 0 Å². The number of hydrogen-bond acceptors (Lipinski definition) is 4. The van der Waals surface area contributed by atoms with Crippen molar-refractivity contribution in [3.63, 3.8) is 0 Å². The summed E-state index contributed by atoms with van der Waals surface area (Å²) in [5.41, 5.74) is 2.08. The second kappa shape index (κ2) is 9.19. The molecule has 5 heteroatoms. The topological polar surface area (TPSA) is 52.9 Å².